The molecule has 1 aliphatic heterocycles. The van der Waals surface area contributed by atoms with Crippen molar-refractivity contribution in [2.75, 3.05) is 11.5 Å². The normalized spacial score (nSPS) is 14.7. The van der Waals surface area contributed by atoms with Crippen molar-refractivity contribution in [3.05, 3.63) is 90.7 Å². The van der Waals surface area contributed by atoms with Gasteiger partial charge in [0, 0.05) is 9.50 Å². The fourth-order valence-corrected chi connectivity index (χ4v) is 5.13. The fraction of sp³-hybridized carbons (Fsp3) is 0.120. The second-order valence-electron chi connectivity index (χ2n) is 7.18. The molecule has 1 fully saturated rings. The molecule has 174 valence electrons. The lowest BCUT2D eigenvalue weighted by Crippen LogP contribution is -2.27. The van der Waals surface area contributed by atoms with Gasteiger partial charge >= 0.3 is 0 Å². The van der Waals surface area contributed by atoms with Gasteiger partial charge in [-0.05, 0) is 94.3 Å². The molecule has 0 N–H and O–H groups in total. The molecular formula is C25H18Br2ClNO4S. The van der Waals surface area contributed by atoms with Crippen LogP contribution in [0.5, 0.6) is 11.5 Å². The molecule has 3 aromatic rings. The Balaban J connectivity index is 1.60. The average molecular weight is 624 g/mol. The van der Waals surface area contributed by atoms with Crippen molar-refractivity contribution in [2.45, 2.75) is 13.5 Å². The second-order valence-corrected chi connectivity index (χ2v) is 10.4. The molecule has 0 bridgehead atoms. The van der Waals surface area contributed by atoms with E-state index in [9.17, 15) is 9.59 Å². The third-order valence-electron chi connectivity index (χ3n) is 4.79. The summed E-state index contributed by atoms with van der Waals surface area (Å²) in [6, 6.07) is 18.1. The van der Waals surface area contributed by atoms with Crippen molar-refractivity contribution in [1.82, 2.24) is 0 Å². The molecule has 1 heterocycles. The number of benzene rings is 3. The highest BCUT2D eigenvalue weighted by molar-refractivity contribution is 9.10. The lowest BCUT2D eigenvalue weighted by atomic mass is 10.1. The Kier molecular flexibility index (Phi) is 8.03. The van der Waals surface area contributed by atoms with E-state index in [1.807, 2.05) is 37.3 Å². The number of carbonyl (C=O) groups is 2. The maximum absolute atomic E-state index is 13.0. The first-order valence-electron chi connectivity index (χ1n) is 10.2. The van der Waals surface area contributed by atoms with Crippen LogP contribution in [0.15, 0.2) is 74.5 Å². The first kappa shape index (κ1) is 24.9. The number of nitrogens with zero attached hydrogens (tertiary/aromatic N) is 1. The highest BCUT2D eigenvalue weighted by Gasteiger charge is 2.36. The highest BCUT2D eigenvalue weighted by atomic mass is 79.9. The van der Waals surface area contributed by atoms with Gasteiger partial charge in [0.15, 0.2) is 11.5 Å². The van der Waals surface area contributed by atoms with Crippen molar-refractivity contribution >= 4 is 78.1 Å². The molecule has 0 atom stereocenters. The number of rotatable bonds is 7. The summed E-state index contributed by atoms with van der Waals surface area (Å²) in [4.78, 5) is 27.0. The van der Waals surface area contributed by atoms with Crippen molar-refractivity contribution in [3.8, 4) is 11.5 Å². The van der Waals surface area contributed by atoms with Crippen LogP contribution in [-0.2, 0) is 11.4 Å². The zero-order chi connectivity index (χ0) is 24.2. The molecule has 1 aliphatic rings. The molecule has 3 aromatic carbocycles. The summed E-state index contributed by atoms with van der Waals surface area (Å²) in [5.74, 6) is 0.699. The summed E-state index contributed by atoms with van der Waals surface area (Å²) in [6.07, 6.45) is 1.67. The van der Waals surface area contributed by atoms with Crippen LogP contribution in [0, 0.1) is 0 Å². The minimum Gasteiger partial charge on any atom is -0.490 e. The topological polar surface area (TPSA) is 55.8 Å². The van der Waals surface area contributed by atoms with E-state index in [-0.39, 0.29) is 5.24 Å². The van der Waals surface area contributed by atoms with Gasteiger partial charge in [0.1, 0.15) is 6.61 Å². The third-order valence-corrected chi connectivity index (χ3v) is 7.01. The summed E-state index contributed by atoms with van der Waals surface area (Å²) < 4.78 is 13.5. The summed E-state index contributed by atoms with van der Waals surface area (Å²) >= 11 is 13.9. The molecule has 0 saturated carbocycles. The monoisotopic (exact) mass is 621 g/mol. The first-order valence-corrected chi connectivity index (χ1v) is 13.0. The maximum Gasteiger partial charge on any atom is 0.298 e. The van der Waals surface area contributed by atoms with Gasteiger partial charge in [-0.1, -0.05) is 45.7 Å². The van der Waals surface area contributed by atoms with Crippen LogP contribution in [-0.4, -0.2) is 17.8 Å². The molecule has 0 radical (unpaired) electrons. The molecule has 0 aliphatic carbocycles. The van der Waals surface area contributed by atoms with Crippen LogP contribution in [0.2, 0.25) is 5.02 Å². The number of imide groups is 1. The van der Waals surface area contributed by atoms with Gasteiger partial charge in [-0.15, -0.1) is 0 Å². The number of hydrogen-bond acceptors (Lipinski definition) is 5. The van der Waals surface area contributed by atoms with E-state index in [0.29, 0.717) is 50.4 Å². The Labute approximate surface area is 223 Å². The van der Waals surface area contributed by atoms with Crippen LogP contribution in [0.1, 0.15) is 18.1 Å². The smallest absolute Gasteiger partial charge is 0.298 e. The van der Waals surface area contributed by atoms with Crippen molar-refractivity contribution < 1.29 is 19.1 Å². The predicted octanol–water partition coefficient (Wildman–Crippen LogP) is 8.08. The summed E-state index contributed by atoms with van der Waals surface area (Å²) in [6.45, 7) is 2.69. The van der Waals surface area contributed by atoms with Crippen LogP contribution in [0.4, 0.5) is 10.5 Å². The minimum absolute atomic E-state index is 0.308. The lowest BCUT2D eigenvalue weighted by molar-refractivity contribution is -0.113. The van der Waals surface area contributed by atoms with Gasteiger partial charge in [0.2, 0.25) is 0 Å². The molecule has 9 heteroatoms. The van der Waals surface area contributed by atoms with Gasteiger partial charge in [0.05, 0.1) is 21.7 Å². The Morgan fingerprint density at radius 3 is 2.50 bits per heavy atom. The number of hydrogen-bond donors (Lipinski definition) is 0. The lowest BCUT2D eigenvalue weighted by Gasteiger charge is -2.15. The number of ether oxygens (including phenoxy) is 2. The van der Waals surface area contributed by atoms with E-state index in [1.165, 1.54) is 0 Å². The molecule has 2 amide bonds. The van der Waals surface area contributed by atoms with Crippen molar-refractivity contribution in [1.29, 1.82) is 0 Å². The van der Waals surface area contributed by atoms with E-state index in [2.05, 4.69) is 31.9 Å². The molecule has 4 rings (SSSR count). The van der Waals surface area contributed by atoms with Gasteiger partial charge in [-0.25, -0.2) is 4.90 Å². The summed E-state index contributed by atoms with van der Waals surface area (Å²) in [7, 11) is 0. The van der Waals surface area contributed by atoms with E-state index < -0.39 is 5.91 Å². The highest BCUT2D eigenvalue weighted by Crippen LogP contribution is 2.40. The standard InChI is InChI=1S/C25H18Br2ClNO4S/c1-2-32-21-11-16(10-20(27)23(21)33-14-15-6-8-17(26)9-7-15)12-22-24(30)29(25(31)34-22)19-5-3-4-18(28)13-19/h3-13H,2,14H2,1H3/b22-12+. The van der Waals surface area contributed by atoms with Crippen molar-refractivity contribution in [3.63, 3.8) is 0 Å². The predicted molar refractivity (Wildman–Crippen MR) is 144 cm³/mol. The van der Waals surface area contributed by atoms with Crippen LogP contribution in [0.3, 0.4) is 0 Å². The van der Waals surface area contributed by atoms with Crippen LogP contribution in [0.25, 0.3) is 6.08 Å². The molecule has 0 unspecified atom stereocenters. The average Bonchev–Trinajstić information content (AvgIpc) is 3.07. The zero-order valence-corrected chi connectivity index (χ0v) is 22.6. The van der Waals surface area contributed by atoms with Gasteiger partial charge in [0.25, 0.3) is 11.1 Å². The van der Waals surface area contributed by atoms with Gasteiger partial charge < -0.3 is 9.47 Å². The summed E-state index contributed by atoms with van der Waals surface area (Å²) in [5.41, 5.74) is 2.14. The van der Waals surface area contributed by atoms with Crippen molar-refractivity contribution in [2.24, 2.45) is 0 Å². The molecule has 34 heavy (non-hydrogen) atoms. The Morgan fingerprint density at radius 2 is 1.79 bits per heavy atom. The Bertz CT molecular complexity index is 1280. The van der Waals surface area contributed by atoms with E-state index >= 15 is 0 Å². The molecule has 5 nitrogen and oxygen atoms in total. The number of anilines is 1. The number of halogens is 3. The molecule has 1 saturated heterocycles. The Hall–Kier alpha value is -2.26. The number of amides is 2. The Morgan fingerprint density at radius 1 is 1.03 bits per heavy atom. The quantitative estimate of drug-likeness (QED) is 0.249. The van der Waals surface area contributed by atoms with Crippen LogP contribution >= 0.6 is 55.2 Å². The second kappa shape index (κ2) is 11.0. The van der Waals surface area contributed by atoms with Crippen LogP contribution < -0.4 is 14.4 Å². The largest absolute Gasteiger partial charge is 0.490 e. The van der Waals surface area contributed by atoms with E-state index in [4.69, 9.17) is 21.1 Å². The summed E-state index contributed by atoms with van der Waals surface area (Å²) in [5, 5.41) is 0.0709. The molecular weight excluding hydrogens is 606 g/mol. The van der Waals surface area contributed by atoms with Gasteiger partial charge in [-0.2, -0.15) is 0 Å². The van der Waals surface area contributed by atoms with E-state index in [0.717, 1.165) is 26.7 Å². The third kappa shape index (κ3) is 5.68. The van der Waals surface area contributed by atoms with Gasteiger partial charge in [-0.3, -0.25) is 9.59 Å². The fourth-order valence-electron chi connectivity index (χ4n) is 3.27. The SMILES string of the molecule is CCOc1cc(/C=C2/SC(=O)N(c3cccc(Cl)c3)C2=O)cc(Br)c1OCc1ccc(Br)cc1. The van der Waals surface area contributed by atoms with E-state index in [1.54, 1.807) is 36.4 Å². The first-order chi connectivity index (χ1) is 16.4. The number of thioether (sulfide) groups is 1. The zero-order valence-electron chi connectivity index (χ0n) is 17.9. The maximum atomic E-state index is 13.0. The minimum atomic E-state index is -0.401. The molecule has 0 aromatic heterocycles. The number of carbonyl (C=O) groups excluding carboxylic acids is 2. The molecule has 0 spiro atoms.